The Morgan fingerprint density at radius 1 is 1.26 bits per heavy atom. The molecule has 3 aliphatic rings. The topological polar surface area (TPSA) is 207 Å². The molecule has 0 heterocycles. The fourth-order valence-corrected chi connectivity index (χ4v) is 5.14. The number of nitrogens with zero attached hydrogens (tertiary/aromatic N) is 2. The average Bonchev–Trinajstić information content (AvgIpc) is 2.70. The number of aliphatic hydroxyl groups excluding tert-OH is 3. The standard InChI is InChI=1S/C20H17N3O8/c1-5-10-7(23-22)2-3-8(24)12(10)16(27)14-11(5)15(26)6-4-9(25)13(19(21)30)17(28)20(6,31)18(14)29/h2-3,5-6,11,15,26,31H,4H2,1H3,(H4-,21,24,25,27,28,29,30)/p+1/t5-,6+,11+,15+,20+/m0/s1. The van der Waals surface area contributed by atoms with Gasteiger partial charge in [-0.2, -0.15) is 0 Å². The van der Waals surface area contributed by atoms with E-state index in [1.807, 2.05) is 0 Å². The van der Waals surface area contributed by atoms with E-state index in [1.165, 1.54) is 6.07 Å². The lowest BCUT2D eigenvalue weighted by atomic mass is 9.55. The highest BCUT2D eigenvalue weighted by Crippen LogP contribution is 2.57. The van der Waals surface area contributed by atoms with Gasteiger partial charge >= 0.3 is 5.69 Å². The van der Waals surface area contributed by atoms with Crippen molar-refractivity contribution < 1.29 is 39.9 Å². The molecular formula is C20H18N3O8+. The molecule has 1 saturated carbocycles. The zero-order valence-electron chi connectivity index (χ0n) is 16.1. The molecule has 0 aromatic heterocycles. The lowest BCUT2D eigenvalue weighted by Gasteiger charge is -2.50. The Bertz CT molecular complexity index is 1190. The van der Waals surface area contributed by atoms with Crippen LogP contribution in [0.2, 0.25) is 0 Å². The van der Waals surface area contributed by atoms with Crippen molar-refractivity contribution in [2.75, 3.05) is 0 Å². The maximum atomic E-state index is 13.4. The van der Waals surface area contributed by atoms with Gasteiger partial charge in [-0.25, -0.2) is 0 Å². The number of aromatic hydroxyl groups is 1. The van der Waals surface area contributed by atoms with E-state index in [4.69, 9.17) is 5.73 Å². The maximum absolute atomic E-state index is 13.4. The predicted molar refractivity (Wildman–Crippen MR) is 102 cm³/mol. The number of diazo groups is 1. The number of hydrogen-bond acceptors (Lipinski definition) is 9. The fraction of sp³-hybridized carbons (Fsp3) is 0.350. The molecule has 4 rings (SSSR count). The number of aliphatic hydroxyl groups is 4. The second-order valence-electron chi connectivity index (χ2n) is 7.98. The Hall–Kier alpha value is -3.75. The van der Waals surface area contributed by atoms with E-state index in [2.05, 4.69) is 4.98 Å². The van der Waals surface area contributed by atoms with Gasteiger partial charge in [0, 0.05) is 29.9 Å². The number of nitrogens with two attached hydrogens (primary N) is 1. The molecule has 0 saturated heterocycles. The van der Waals surface area contributed by atoms with Crippen molar-refractivity contribution in [2.24, 2.45) is 17.6 Å². The number of ketones is 2. The van der Waals surface area contributed by atoms with Crippen LogP contribution in [0.3, 0.4) is 0 Å². The van der Waals surface area contributed by atoms with Gasteiger partial charge < -0.3 is 31.3 Å². The van der Waals surface area contributed by atoms with E-state index in [0.29, 0.717) is 0 Å². The van der Waals surface area contributed by atoms with Crippen molar-refractivity contribution >= 4 is 28.9 Å². The van der Waals surface area contributed by atoms with E-state index in [1.54, 1.807) is 6.92 Å². The summed E-state index contributed by atoms with van der Waals surface area (Å²) in [5.74, 6) is -9.60. The first kappa shape index (κ1) is 20.5. The van der Waals surface area contributed by atoms with Gasteiger partial charge in [-0.15, -0.1) is 0 Å². The lowest BCUT2D eigenvalue weighted by Crippen LogP contribution is -2.63. The molecule has 7 N–H and O–H groups in total. The third-order valence-electron chi connectivity index (χ3n) is 6.56. The van der Waals surface area contributed by atoms with Gasteiger partial charge in [0.15, 0.2) is 16.4 Å². The van der Waals surface area contributed by atoms with E-state index in [9.17, 15) is 45.3 Å². The molecule has 1 fully saturated rings. The second-order valence-corrected chi connectivity index (χ2v) is 7.98. The number of primary amides is 1. The van der Waals surface area contributed by atoms with Crippen LogP contribution in [0, 0.1) is 17.2 Å². The van der Waals surface area contributed by atoms with Crippen LogP contribution in [-0.2, 0) is 14.4 Å². The number of fused-ring (bicyclic) bond motifs is 3. The highest BCUT2D eigenvalue weighted by Gasteiger charge is 2.65. The molecular weight excluding hydrogens is 410 g/mol. The average molecular weight is 428 g/mol. The molecule has 1 aromatic rings. The molecule has 0 aliphatic heterocycles. The van der Waals surface area contributed by atoms with Gasteiger partial charge in [0.2, 0.25) is 11.2 Å². The van der Waals surface area contributed by atoms with Gasteiger partial charge in [-0.1, -0.05) is 6.92 Å². The highest BCUT2D eigenvalue weighted by atomic mass is 16.4. The highest BCUT2D eigenvalue weighted by molar-refractivity contribution is 6.23. The van der Waals surface area contributed by atoms with Gasteiger partial charge in [0.25, 0.3) is 5.91 Å². The van der Waals surface area contributed by atoms with Gasteiger partial charge in [-0.05, 0) is 12.0 Å². The summed E-state index contributed by atoms with van der Waals surface area (Å²) in [6, 6.07) is 2.40. The Morgan fingerprint density at radius 2 is 1.90 bits per heavy atom. The molecule has 1 amide bonds. The van der Waals surface area contributed by atoms with E-state index in [0.717, 1.165) is 6.07 Å². The van der Waals surface area contributed by atoms with Crippen LogP contribution in [-0.4, -0.2) is 54.7 Å². The lowest BCUT2D eigenvalue weighted by molar-refractivity contribution is -0.160. The number of amides is 1. The molecule has 5 atom stereocenters. The van der Waals surface area contributed by atoms with E-state index >= 15 is 0 Å². The monoisotopic (exact) mass is 428 g/mol. The molecule has 160 valence electrons. The number of rotatable bonds is 1. The third kappa shape index (κ3) is 2.34. The molecule has 0 spiro atoms. The van der Waals surface area contributed by atoms with Crippen LogP contribution in [0.15, 0.2) is 29.0 Å². The molecule has 31 heavy (non-hydrogen) atoms. The fourth-order valence-electron chi connectivity index (χ4n) is 5.14. The van der Waals surface area contributed by atoms with Crippen LogP contribution in [0.5, 0.6) is 5.75 Å². The molecule has 0 unspecified atom stereocenters. The Morgan fingerprint density at radius 3 is 2.48 bits per heavy atom. The van der Waals surface area contributed by atoms with Gasteiger partial charge in [0.1, 0.15) is 22.8 Å². The number of phenols is 1. The first-order chi connectivity index (χ1) is 14.5. The third-order valence-corrected chi connectivity index (χ3v) is 6.56. The van der Waals surface area contributed by atoms with E-state index in [-0.39, 0.29) is 16.8 Å². The Kier molecular flexibility index (Phi) is 4.22. The number of hydrogen-bond donors (Lipinski definition) is 6. The van der Waals surface area contributed by atoms with Crippen molar-refractivity contribution in [3.8, 4) is 5.75 Å². The number of phenolic OH excluding ortho intramolecular Hbond substituents is 1. The van der Waals surface area contributed by atoms with Crippen molar-refractivity contribution in [1.82, 2.24) is 0 Å². The second kappa shape index (κ2) is 6.37. The number of benzene rings is 1. The summed E-state index contributed by atoms with van der Waals surface area (Å²) in [5.41, 5.74) is 0.664. The smallest absolute Gasteiger partial charge is 0.389 e. The van der Waals surface area contributed by atoms with Gasteiger partial charge in [0.05, 0.1) is 17.2 Å². The minimum absolute atomic E-state index is 0.0233. The van der Waals surface area contributed by atoms with Crippen LogP contribution >= 0.6 is 0 Å². The van der Waals surface area contributed by atoms with Crippen LogP contribution in [0.1, 0.15) is 30.4 Å². The molecule has 11 heteroatoms. The summed E-state index contributed by atoms with van der Waals surface area (Å²) in [7, 11) is 0. The first-order valence-corrected chi connectivity index (χ1v) is 9.34. The molecule has 0 bridgehead atoms. The molecule has 11 nitrogen and oxygen atoms in total. The molecule has 0 radical (unpaired) electrons. The van der Waals surface area contributed by atoms with Crippen molar-refractivity contribution in [3.63, 3.8) is 0 Å². The van der Waals surface area contributed by atoms with Crippen molar-refractivity contribution in [3.05, 3.63) is 45.1 Å². The first-order valence-electron chi connectivity index (χ1n) is 9.34. The van der Waals surface area contributed by atoms with Gasteiger partial charge in [-0.3, -0.25) is 14.4 Å². The summed E-state index contributed by atoms with van der Waals surface area (Å²) in [5, 5.41) is 63.2. The summed E-state index contributed by atoms with van der Waals surface area (Å²) >= 11 is 0. The zero-order valence-corrected chi connectivity index (χ0v) is 16.1. The van der Waals surface area contributed by atoms with Crippen molar-refractivity contribution in [1.29, 1.82) is 5.39 Å². The zero-order chi connectivity index (χ0) is 23.0. The number of carbonyl (C=O) groups excluding carboxylic acids is 3. The van der Waals surface area contributed by atoms with Crippen molar-refractivity contribution in [2.45, 2.75) is 31.0 Å². The van der Waals surface area contributed by atoms with Crippen LogP contribution in [0.4, 0.5) is 5.69 Å². The molecule has 3 aliphatic carbocycles. The predicted octanol–water partition coefficient (Wildman–Crippen LogP) is 0.440. The largest absolute Gasteiger partial charge is 0.508 e. The number of Topliss-reactive ketones (excluding diaryl/α,β-unsaturated/α-hetero) is 2. The summed E-state index contributed by atoms with van der Waals surface area (Å²) in [6.45, 7) is 1.54. The minimum Gasteiger partial charge on any atom is -0.508 e. The SMILES string of the molecule is C[C@H]1c2c([N+]#N)ccc(O)c2C(O)=C2C(=O)[C@]3(O)C(O)=C(C(N)=O)C(=O)C[C@@H]3[C@@H](O)[C@@H]21. The van der Waals surface area contributed by atoms with Crippen LogP contribution in [0.25, 0.3) is 10.7 Å². The molecule has 1 aromatic carbocycles. The normalized spacial score (nSPS) is 32.2. The number of carbonyl (C=O) groups is 3. The Labute approximate surface area is 174 Å². The summed E-state index contributed by atoms with van der Waals surface area (Å²) < 4.78 is 0. The van der Waals surface area contributed by atoms with Crippen LogP contribution < -0.4 is 5.73 Å². The van der Waals surface area contributed by atoms with E-state index < -0.39 is 81.8 Å². The Balaban J connectivity index is 2.05. The summed E-state index contributed by atoms with van der Waals surface area (Å²) in [4.78, 5) is 40.5. The quantitative estimate of drug-likeness (QED) is 0.270. The maximum Gasteiger partial charge on any atom is 0.389 e. The minimum atomic E-state index is -2.89. The summed E-state index contributed by atoms with van der Waals surface area (Å²) in [6.07, 6.45) is -2.30.